The van der Waals surface area contributed by atoms with Crippen molar-refractivity contribution < 1.29 is 13.2 Å². The first-order valence-corrected chi connectivity index (χ1v) is 9.17. The van der Waals surface area contributed by atoms with Crippen LogP contribution in [0.4, 0.5) is 0 Å². The highest BCUT2D eigenvalue weighted by atomic mass is 32.2. The average Bonchev–Trinajstić information content (AvgIpc) is 2.41. The molecule has 1 unspecified atom stereocenters. The lowest BCUT2D eigenvalue weighted by atomic mass is 10.3. The van der Waals surface area contributed by atoms with Crippen molar-refractivity contribution in [3.05, 3.63) is 0 Å². The lowest BCUT2D eigenvalue weighted by Gasteiger charge is -2.20. The number of hydrogen-bond acceptors (Lipinski definition) is 5. The molecule has 0 aromatic carbocycles. The zero-order valence-corrected chi connectivity index (χ0v) is 14.7. The normalized spacial score (nSPS) is 14.3. The molecule has 0 amide bonds. The van der Waals surface area contributed by atoms with Crippen LogP contribution in [0.2, 0.25) is 0 Å². The highest BCUT2D eigenvalue weighted by molar-refractivity contribution is 7.90. The summed E-state index contributed by atoms with van der Waals surface area (Å²) in [5.74, 6) is 0.869. The van der Waals surface area contributed by atoms with Crippen LogP contribution < -0.4 is 10.6 Å². The number of nitrogens with one attached hydrogen (secondary N) is 2. The fourth-order valence-corrected chi connectivity index (χ4v) is 2.40. The van der Waals surface area contributed by atoms with Crippen molar-refractivity contribution >= 4 is 15.8 Å². The average molecular weight is 322 g/mol. The third kappa shape index (κ3) is 12.6. The lowest BCUT2D eigenvalue weighted by Crippen LogP contribution is -2.45. The van der Waals surface area contributed by atoms with E-state index >= 15 is 0 Å². The number of sulfone groups is 1. The monoisotopic (exact) mass is 322 g/mol. The van der Waals surface area contributed by atoms with Crippen LogP contribution in [0.5, 0.6) is 0 Å². The van der Waals surface area contributed by atoms with E-state index < -0.39 is 9.84 Å². The van der Waals surface area contributed by atoms with E-state index in [0.29, 0.717) is 19.0 Å². The second-order valence-corrected chi connectivity index (χ2v) is 7.52. The van der Waals surface area contributed by atoms with Gasteiger partial charge in [0.25, 0.3) is 0 Å². The molecule has 0 bridgehead atoms. The van der Waals surface area contributed by atoms with Crippen LogP contribution in [0.15, 0.2) is 4.99 Å². The Morgan fingerprint density at radius 1 is 1.38 bits per heavy atom. The molecular weight excluding hydrogens is 292 g/mol. The van der Waals surface area contributed by atoms with E-state index in [1.807, 2.05) is 14.0 Å². The minimum Gasteiger partial charge on any atom is -0.383 e. The first-order chi connectivity index (χ1) is 9.78. The van der Waals surface area contributed by atoms with E-state index in [1.54, 1.807) is 14.2 Å². The van der Waals surface area contributed by atoms with Crippen LogP contribution in [-0.4, -0.2) is 84.8 Å². The summed E-state index contributed by atoms with van der Waals surface area (Å²) in [6.07, 6.45) is 1.82. The van der Waals surface area contributed by atoms with E-state index in [1.165, 1.54) is 6.26 Å². The van der Waals surface area contributed by atoms with Crippen LogP contribution in [0.3, 0.4) is 0 Å². The molecule has 0 heterocycles. The van der Waals surface area contributed by atoms with Gasteiger partial charge in [0.05, 0.1) is 12.4 Å². The maximum atomic E-state index is 11.1. The fraction of sp³-hybridized carbons (Fsp3) is 0.923. The second-order valence-electron chi connectivity index (χ2n) is 5.26. The molecule has 0 aliphatic heterocycles. The Balaban J connectivity index is 3.95. The molecule has 0 rings (SSSR count). The van der Waals surface area contributed by atoms with Gasteiger partial charge in [-0.1, -0.05) is 0 Å². The molecule has 8 heteroatoms. The van der Waals surface area contributed by atoms with E-state index in [-0.39, 0.29) is 11.8 Å². The molecule has 0 saturated carbocycles. The third-order valence-corrected chi connectivity index (χ3v) is 3.97. The molecule has 0 radical (unpaired) electrons. The van der Waals surface area contributed by atoms with Gasteiger partial charge in [-0.3, -0.25) is 4.99 Å². The van der Waals surface area contributed by atoms with E-state index in [2.05, 4.69) is 20.5 Å². The maximum Gasteiger partial charge on any atom is 0.191 e. The molecule has 1 atom stereocenters. The second kappa shape index (κ2) is 10.8. The number of likely N-dealkylation sites (N-methyl/N-ethyl adjacent to an activating group) is 1. The summed E-state index contributed by atoms with van der Waals surface area (Å²) in [6, 6.07) is 0.0529. The van der Waals surface area contributed by atoms with Gasteiger partial charge in [-0.15, -0.1) is 0 Å². The first-order valence-electron chi connectivity index (χ1n) is 7.11. The Bertz CT molecular complexity index is 398. The minimum absolute atomic E-state index is 0.0529. The summed E-state index contributed by atoms with van der Waals surface area (Å²) >= 11 is 0. The van der Waals surface area contributed by atoms with Crippen LogP contribution in [0.25, 0.3) is 0 Å². The van der Waals surface area contributed by atoms with E-state index in [4.69, 9.17) is 4.74 Å². The maximum absolute atomic E-state index is 11.1. The van der Waals surface area contributed by atoms with Gasteiger partial charge in [0.2, 0.25) is 0 Å². The Morgan fingerprint density at radius 2 is 2.05 bits per heavy atom. The molecule has 0 saturated heterocycles. The molecule has 2 N–H and O–H groups in total. The standard InChI is InChI=1S/C13H30N4O3S/c1-12(6-11-21(5,18)19)16-13(14-2)15-7-8-17(3)9-10-20-4/h12H,6-11H2,1-5H3,(H2,14,15,16). The summed E-state index contributed by atoms with van der Waals surface area (Å²) in [5, 5.41) is 6.40. The zero-order valence-electron chi connectivity index (χ0n) is 13.8. The van der Waals surface area contributed by atoms with Crippen molar-refractivity contribution in [3.63, 3.8) is 0 Å². The smallest absolute Gasteiger partial charge is 0.191 e. The summed E-state index contributed by atoms with van der Waals surface area (Å²) in [4.78, 5) is 6.30. The molecular formula is C13H30N4O3S. The van der Waals surface area contributed by atoms with Crippen molar-refractivity contribution in [1.82, 2.24) is 15.5 Å². The van der Waals surface area contributed by atoms with Gasteiger partial charge in [0.15, 0.2) is 5.96 Å². The molecule has 0 aliphatic carbocycles. The summed E-state index contributed by atoms with van der Waals surface area (Å²) in [7, 11) is 2.51. The van der Waals surface area contributed by atoms with Gasteiger partial charge in [0.1, 0.15) is 9.84 Å². The quantitative estimate of drug-likeness (QED) is 0.419. The van der Waals surface area contributed by atoms with Gasteiger partial charge in [-0.2, -0.15) is 0 Å². The van der Waals surface area contributed by atoms with Gasteiger partial charge < -0.3 is 20.3 Å². The number of guanidine groups is 1. The van der Waals surface area contributed by atoms with Crippen LogP contribution in [0, 0.1) is 0 Å². The van der Waals surface area contributed by atoms with E-state index in [9.17, 15) is 8.42 Å². The summed E-state index contributed by atoms with van der Waals surface area (Å²) in [5.41, 5.74) is 0. The SMILES string of the molecule is CN=C(NCCN(C)CCOC)NC(C)CCS(C)(=O)=O. The molecule has 0 fully saturated rings. The Labute approximate surface area is 129 Å². The predicted octanol–water partition coefficient (Wildman–Crippen LogP) is -0.447. The van der Waals surface area contributed by atoms with Crippen molar-refractivity contribution in [2.24, 2.45) is 4.99 Å². The summed E-state index contributed by atoms with van der Waals surface area (Å²) < 4.78 is 27.3. The largest absolute Gasteiger partial charge is 0.383 e. The van der Waals surface area contributed by atoms with Crippen molar-refractivity contribution in [3.8, 4) is 0 Å². The number of methoxy groups -OCH3 is 1. The first kappa shape index (κ1) is 20.1. The van der Waals surface area contributed by atoms with Gasteiger partial charge >= 0.3 is 0 Å². The Kier molecular flexibility index (Phi) is 10.4. The van der Waals surface area contributed by atoms with Crippen molar-refractivity contribution in [2.75, 3.05) is 59.5 Å². The highest BCUT2D eigenvalue weighted by Gasteiger charge is 2.09. The third-order valence-electron chi connectivity index (χ3n) is 2.99. The molecule has 0 aromatic rings. The lowest BCUT2D eigenvalue weighted by molar-refractivity contribution is 0.162. The molecule has 0 aromatic heterocycles. The number of hydrogen-bond donors (Lipinski definition) is 2. The number of ether oxygens (including phenoxy) is 1. The number of nitrogens with zero attached hydrogens (tertiary/aromatic N) is 2. The summed E-state index contributed by atoms with van der Waals surface area (Å²) in [6.45, 7) is 5.18. The highest BCUT2D eigenvalue weighted by Crippen LogP contribution is 1.95. The molecule has 21 heavy (non-hydrogen) atoms. The van der Waals surface area contributed by atoms with E-state index in [0.717, 1.165) is 19.6 Å². The minimum atomic E-state index is -2.92. The molecule has 7 nitrogen and oxygen atoms in total. The van der Waals surface area contributed by atoms with Gasteiger partial charge in [-0.05, 0) is 20.4 Å². The Hall–Kier alpha value is -0.860. The van der Waals surface area contributed by atoms with Crippen molar-refractivity contribution in [2.45, 2.75) is 19.4 Å². The fourth-order valence-electron chi connectivity index (χ4n) is 1.62. The van der Waals surface area contributed by atoms with Gasteiger partial charge in [0, 0.05) is 46.1 Å². The molecule has 0 spiro atoms. The van der Waals surface area contributed by atoms with Crippen LogP contribution in [-0.2, 0) is 14.6 Å². The molecule has 0 aliphatic rings. The van der Waals surface area contributed by atoms with Crippen LogP contribution >= 0.6 is 0 Å². The number of aliphatic imine (C=N–C) groups is 1. The van der Waals surface area contributed by atoms with Gasteiger partial charge in [-0.25, -0.2) is 8.42 Å². The van der Waals surface area contributed by atoms with Crippen molar-refractivity contribution in [1.29, 1.82) is 0 Å². The van der Waals surface area contributed by atoms with Crippen LogP contribution in [0.1, 0.15) is 13.3 Å². The Morgan fingerprint density at radius 3 is 2.57 bits per heavy atom. The topological polar surface area (TPSA) is 83.0 Å². The zero-order chi connectivity index (χ0) is 16.3. The molecule has 126 valence electrons. The number of rotatable bonds is 10. The predicted molar refractivity (Wildman–Crippen MR) is 87.7 cm³/mol.